The summed E-state index contributed by atoms with van der Waals surface area (Å²) < 4.78 is 0. The minimum Gasteiger partial charge on any atom is -0.369 e. The molecule has 96 valence electrons. The van der Waals surface area contributed by atoms with Gasteiger partial charge >= 0.3 is 0 Å². The van der Waals surface area contributed by atoms with E-state index in [1.807, 2.05) is 24.3 Å². The van der Waals surface area contributed by atoms with Gasteiger partial charge in [0.15, 0.2) is 0 Å². The summed E-state index contributed by atoms with van der Waals surface area (Å²) in [6, 6.07) is 7.91. The maximum Gasteiger partial charge on any atom is 0.224 e. The number of rotatable bonds is 5. The van der Waals surface area contributed by atoms with E-state index < -0.39 is 0 Å². The topological polar surface area (TPSA) is 37.8 Å². The highest BCUT2D eigenvalue weighted by Gasteiger charge is 2.08. The molecule has 0 aliphatic heterocycles. The fourth-order valence-corrected chi connectivity index (χ4v) is 2.18. The van der Waals surface area contributed by atoms with Crippen LogP contribution in [-0.2, 0) is 0 Å². The van der Waals surface area contributed by atoms with Crippen LogP contribution in [0.25, 0.3) is 10.9 Å². The van der Waals surface area contributed by atoms with E-state index in [-0.39, 0.29) is 0 Å². The number of anilines is 1. The Labute approximate surface area is 113 Å². The summed E-state index contributed by atoms with van der Waals surface area (Å²) in [7, 11) is 0. The number of nitrogens with zero attached hydrogens (tertiary/aromatic N) is 2. The molecule has 1 aromatic carbocycles. The van der Waals surface area contributed by atoms with Gasteiger partial charge in [0.1, 0.15) is 5.82 Å². The average Bonchev–Trinajstić information content (AvgIpc) is 2.39. The zero-order valence-corrected chi connectivity index (χ0v) is 11.5. The van der Waals surface area contributed by atoms with Crippen molar-refractivity contribution in [2.75, 3.05) is 11.9 Å². The first kappa shape index (κ1) is 13.1. The van der Waals surface area contributed by atoms with Crippen LogP contribution in [0.4, 0.5) is 5.82 Å². The second-order valence-electron chi connectivity index (χ2n) is 4.42. The van der Waals surface area contributed by atoms with Crippen LogP contribution in [-0.4, -0.2) is 16.5 Å². The van der Waals surface area contributed by atoms with Crippen molar-refractivity contribution >= 4 is 28.3 Å². The van der Waals surface area contributed by atoms with Gasteiger partial charge in [-0.2, -0.15) is 0 Å². The van der Waals surface area contributed by atoms with Gasteiger partial charge in [-0.25, -0.2) is 9.97 Å². The van der Waals surface area contributed by atoms with Crippen molar-refractivity contribution in [3.8, 4) is 0 Å². The lowest BCUT2D eigenvalue weighted by Gasteiger charge is -2.14. The van der Waals surface area contributed by atoms with Gasteiger partial charge in [0.2, 0.25) is 5.28 Å². The first-order valence-corrected chi connectivity index (χ1v) is 6.78. The van der Waals surface area contributed by atoms with Crippen molar-refractivity contribution in [1.82, 2.24) is 9.97 Å². The molecule has 0 saturated carbocycles. The highest BCUT2D eigenvalue weighted by Crippen LogP contribution is 2.22. The van der Waals surface area contributed by atoms with Crippen LogP contribution in [0.2, 0.25) is 5.28 Å². The molecule has 3 nitrogen and oxygen atoms in total. The standard InChI is InChI=1S/C14H18ClN3/c1-3-10(4-2)9-16-13-11-7-5-6-8-12(11)17-14(15)18-13/h5-8,10H,3-4,9H2,1-2H3,(H,16,17,18). The number of benzene rings is 1. The fourth-order valence-electron chi connectivity index (χ4n) is 2.00. The van der Waals surface area contributed by atoms with Crippen molar-refractivity contribution in [2.45, 2.75) is 26.7 Å². The van der Waals surface area contributed by atoms with Crippen molar-refractivity contribution in [1.29, 1.82) is 0 Å². The number of halogens is 1. The minimum atomic E-state index is 0.292. The maximum atomic E-state index is 5.94. The highest BCUT2D eigenvalue weighted by molar-refractivity contribution is 6.28. The largest absolute Gasteiger partial charge is 0.369 e. The maximum absolute atomic E-state index is 5.94. The molecular formula is C14H18ClN3. The van der Waals surface area contributed by atoms with Crippen LogP contribution in [0.5, 0.6) is 0 Å². The van der Waals surface area contributed by atoms with E-state index in [4.69, 9.17) is 11.6 Å². The molecule has 1 N–H and O–H groups in total. The van der Waals surface area contributed by atoms with E-state index in [2.05, 4.69) is 29.1 Å². The van der Waals surface area contributed by atoms with Crippen LogP contribution < -0.4 is 5.32 Å². The lowest BCUT2D eigenvalue weighted by Crippen LogP contribution is -2.14. The van der Waals surface area contributed by atoms with Crippen molar-refractivity contribution in [3.63, 3.8) is 0 Å². The minimum absolute atomic E-state index is 0.292. The normalized spacial score (nSPS) is 11.1. The number of aromatic nitrogens is 2. The highest BCUT2D eigenvalue weighted by atomic mass is 35.5. The molecule has 0 aliphatic carbocycles. The number of para-hydroxylation sites is 1. The molecule has 4 heteroatoms. The Morgan fingerprint density at radius 1 is 1.17 bits per heavy atom. The van der Waals surface area contributed by atoms with Crippen molar-refractivity contribution in [3.05, 3.63) is 29.5 Å². The summed E-state index contributed by atoms with van der Waals surface area (Å²) >= 11 is 5.94. The van der Waals surface area contributed by atoms with E-state index >= 15 is 0 Å². The van der Waals surface area contributed by atoms with Crippen LogP contribution >= 0.6 is 11.6 Å². The molecular weight excluding hydrogens is 246 g/mol. The molecule has 0 atom stereocenters. The zero-order valence-electron chi connectivity index (χ0n) is 10.8. The molecule has 0 radical (unpaired) electrons. The van der Waals surface area contributed by atoms with Gasteiger partial charge in [0.05, 0.1) is 5.52 Å². The first-order chi connectivity index (χ1) is 8.74. The summed E-state index contributed by atoms with van der Waals surface area (Å²) in [5, 5.41) is 4.71. The van der Waals surface area contributed by atoms with Gasteiger partial charge in [0, 0.05) is 11.9 Å². The van der Waals surface area contributed by atoms with E-state index in [9.17, 15) is 0 Å². The lowest BCUT2D eigenvalue weighted by molar-refractivity contribution is 0.518. The zero-order chi connectivity index (χ0) is 13.0. The summed E-state index contributed by atoms with van der Waals surface area (Å²) in [5.41, 5.74) is 0.879. The molecule has 0 aliphatic rings. The molecule has 1 aromatic heterocycles. The molecule has 2 rings (SSSR count). The number of hydrogen-bond acceptors (Lipinski definition) is 3. The molecule has 0 bridgehead atoms. The third-order valence-corrected chi connectivity index (χ3v) is 3.46. The van der Waals surface area contributed by atoms with Gasteiger partial charge in [-0.05, 0) is 29.7 Å². The van der Waals surface area contributed by atoms with E-state index in [1.54, 1.807) is 0 Å². The summed E-state index contributed by atoms with van der Waals surface area (Å²) in [6.07, 6.45) is 2.33. The predicted molar refractivity (Wildman–Crippen MR) is 77.1 cm³/mol. The lowest BCUT2D eigenvalue weighted by atomic mass is 10.0. The Balaban J connectivity index is 2.26. The predicted octanol–water partition coefficient (Wildman–Crippen LogP) is 4.13. The number of nitrogens with one attached hydrogen (secondary N) is 1. The third kappa shape index (κ3) is 2.91. The van der Waals surface area contributed by atoms with Crippen LogP contribution in [0.3, 0.4) is 0 Å². The summed E-state index contributed by atoms with van der Waals surface area (Å²) in [5.74, 6) is 1.50. The van der Waals surface area contributed by atoms with Gasteiger partial charge in [-0.3, -0.25) is 0 Å². The number of hydrogen-bond donors (Lipinski definition) is 1. The van der Waals surface area contributed by atoms with Crippen LogP contribution in [0, 0.1) is 5.92 Å². The molecule has 0 amide bonds. The van der Waals surface area contributed by atoms with Gasteiger partial charge in [-0.1, -0.05) is 38.8 Å². The van der Waals surface area contributed by atoms with Crippen molar-refractivity contribution < 1.29 is 0 Å². The summed E-state index contributed by atoms with van der Waals surface area (Å²) in [4.78, 5) is 8.50. The molecule has 0 saturated heterocycles. The Morgan fingerprint density at radius 3 is 2.61 bits per heavy atom. The quantitative estimate of drug-likeness (QED) is 0.824. The fraction of sp³-hybridized carbons (Fsp3) is 0.429. The smallest absolute Gasteiger partial charge is 0.224 e. The Kier molecular flexibility index (Phi) is 4.37. The molecule has 18 heavy (non-hydrogen) atoms. The Bertz CT molecular complexity index is 523. The second-order valence-corrected chi connectivity index (χ2v) is 4.76. The Morgan fingerprint density at radius 2 is 1.89 bits per heavy atom. The van der Waals surface area contributed by atoms with E-state index in [0.717, 1.165) is 23.3 Å². The van der Waals surface area contributed by atoms with Crippen molar-refractivity contribution in [2.24, 2.45) is 5.92 Å². The van der Waals surface area contributed by atoms with Crippen LogP contribution in [0.15, 0.2) is 24.3 Å². The molecule has 2 aromatic rings. The summed E-state index contributed by atoms with van der Waals surface area (Å²) in [6.45, 7) is 5.34. The van der Waals surface area contributed by atoms with E-state index in [0.29, 0.717) is 11.2 Å². The average molecular weight is 264 g/mol. The molecule has 1 heterocycles. The van der Waals surface area contributed by atoms with Gasteiger partial charge in [-0.15, -0.1) is 0 Å². The Hall–Kier alpha value is -1.35. The monoisotopic (exact) mass is 263 g/mol. The third-order valence-electron chi connectivity index (χ3n) is 3.29. The van der Waals surface area contributed by atoms with Gasteiger partial charge < -0.3 is 5.32 Å². The van der Waals surface area contributed by atoms with E-state index in [1.165, 1.54) is 12.8 Å². The molecule has 0 unspecified atom stereocenters. The molecule has 0 fully saturated rings. The number of fused-ring (bicyclic) bond motifs is 1. The second kappa shape index (κ2) is 6.01. The molecule has 0 spiro atoms. The first-order valence-electron chi connectivity index (χ1n) is 6.40. The van der Waals surface area contributed by atoms with Gasteiger partial charge in [0.25, 0.3) is 0 Å². The van der Waals surface area contributed by atoms with Crippen LogP contribution in [0.1, 0.15) is 26.7 Å². The SMILES string of the molecule is CCC(CC)CNc1nc(Cl)nc2ccccc12.